The third-order valence-electron chi connectivity index (χ3n) is 5.33. The third kappa shape index (κ3) is 3.06. The first-order valence-corrected chi connectivity index (χ1v) is 8.40. The first kappa shape index (κ1) is 16.6. The van der Waals surface area contributed by atoms with Crippen LogP contribution in [-0.2, 0) is 0 Å². The Kier molecular flexibility index (Phi) is 4.41. The van der Waals surface area contributed by atoms with Crippen molar-refractivity contribution in [2.24, 2.45) is 5.41 Å². The molecule has 0 atom stereocenters. The predicted molar refractivity (Wildman–Crippen MR) is 91.5 cm³/mol. The molecular formula is C21H21F2N. The smallest absolute Gasteiger partial charge is 0.166 e. The van der Waals surface area contributed by atoms with Crippen molar-refractivity contribution in [3.63, 3.8) is 0 Å². The van der Waals surface area contributed by atoms with Gasteiger partial charge in [-0.25, -0.2) is 8.78 Å². The first-order chi connectivity index (χ1) is 11.4. The quantitative estimate of drug-likeness (QED) is 0.652. The maximum atomic E-state index is 14.1. The normalized spacial score (nSPS) is 23.7. The minimum absolute atomic E-state index is 0.195. The minimum atomic E-state index is -0.787. The number of hydrogen-bond acceptors (Lipinski definition) is 1. The van der Waals surface area contributed by atoms with Gasteiger partial charge < -0.3 is 0 Å². The Morgan fingerprint density at radius 2 is 1.62 bits per heavy atom. The van der Waals surface area contributed by atoms with Crippen LogP contribution in [0.5, 0.6) is 0 Å². The Hall–Kier alpha value is -2.21. The van der Waals surface area contributed by atoms with Gasteiger partial charge in [-0.3, -0.25) is 0 Å². The molecule has 0 unspecified atom stereocenters. The van der Waals surface area contributed by atoms with E-state index in [0.717, 1.165) is 25.7 Å². The second kappa shape index (κ2) is 6.36. The van der Waals surface area contributed by atoms with E-state index in [-0.39, 0.29) is 5.41 Å². The Morgan fingerprint density at radius 3 is 2.21 bits per heavy atom. The molecule has 3 heteroatoms. The third-order valence-corrected chi connectivity index (χ3v) is 5.33. The molecule has 0 amide bonds. The van der Waals surface area contributed by atoms with Crippen LogP contribution in [0, 0.1) is 35.3 Å². The second-order valence-corrected chi connectivity index (χ2v) is 7.13. The monoisotopic (exact) mass is 325 g/mol. The molecule has 1 saturated carbocycles. The molecule has 0 aromatic heterocycles. The van der Waals surface area contributed by atoms with Crippen molar-refractivity contribution in [3.8, 4) is 17.2 Å². The van der Waals surface area contributed by atoms with Crippen LogP contribution in [0.25, 0.3) is 11.1 Å². The molecule has 0 radical (unpaired) electrons. The molecule has 0 saturated heterocycles. The molecule has 0 aliphatic heterocycles. The van der Waals surface area contributed by atoms with Gasteiger partial charge in [-0.2, -0.15) is 5.26 Å². The largest absolute Gasteiger partial charge is 0.203 e. The Bertz CT molecular complexity index is 779. The van der Waals surface area contributed by atoms with E-state index in [1.165, 1.54) is 5.56 Å². The van der Waals surface area contributed by atoms with Gasteiger partial charge in [0.2, 0.25) is 0 Å². The lowest BCUT2D eigenvalue weighted by atomic mass is 9.71. The number of benzene rings is 2. The van der Waals surface area contributed by atoms with Crippen molar-refractivity contribution >= 4 is 0 Å². The van der Waals surface area contributed by atoms with Crippen LogP contribution >= 0.6 is 0 Å². The van der Waals surface area contributed by atoms with Gasteiger partial charge in [-0.15, -0.1) is 0 Å². The molecular weight excluding hydrogens is 304 g/mol. The Morgan fingerprint density at radius 1 is 1.00 bits per heavy atom. The maximum Gasteiger partial charge on any atom is 0.166 e. The number of aryl methyl sites for hydroxylation is 1. The van der Waals surface area contributed by atoms with Crippen LogP contribution in [-0.4, -0.2) is 0 Å². The topological polar surface area (TPSA) is 23.8 Å². The lowest BCUT2D eigenvalue weighted by molar-refractivity contribution is 0.270. The summed E-state index contributed by atoms with van der Waals surface area (Å²) >= 11 is 0. The summed E-state index contributed by atoms with van der Waals surface area (Å²) in [4.78, 5) is 0. The average molecular weight is 325 g/mol. The van der Waals surface area contributed by atoms with E-state index in [0.29, 0.717) is 22.6 Å². The first-order valence-electron chi connectivity index (χ1n) is 8.40. The molecule has 1 fully saturated rings. The van der Waals surface area contributed by atoms with Crippen LogP contribution < -0.4 is 0 Å². The van der Waals surface area contributed by atoms with Gasteiger partial charge >= 0.3 is 0 Å². The number of nitrogens with zero attached hydrogens (tertiary/aromatic N) is 1. The van der Waals surface area contributed by atoms with Crippen LogP contribution in [0.3, 0.4) is 0 Å². The highest BCUT2D eigenvalue weighted by Gasteiger charge is 2.31. The highest BCUT2D eigenvalue weighted by molar-refractivity contribution is 5.65. The fourth-order valence-corrected chi connectivity index (χ4v) is 3.50. The van der Waals surface area contributed by atoms with Crippen LogP contribution in [0.1, 0.15) is 49.7 Å². The molecule has 124 valence electrons. The van der Waals surface area contributed by atoms with E-state index in [2.05, 4.69) is 6.07 Å². The average Bonchev–Trinajstić information content (AvgIpc) is 2.61. The molecule has 1 aliphatic carbocycles. The van der Waals surface area contributed by atoms with E-state index >= 15 is 0 Å². The summed E-state index contributed by atoms with van der Waals surface area (Å²) in [6, 6.07) is 13.4. The van der Waals surface area contributed by atoms with E-state index in [9.17, 15) is 14.0 Å². The Labute approximate surface area is 141 Å². The fourth-order valence-electron chi connectivity index (χ4n) is 3.50. The molecule has 2 aromatic carbocycles. The Balaban J connectivity index is 1.80. The summed E-state index contributed by atoms with van der Waals surface area (Å²) in [6.45, 7) is 3.59. The molecule has 0 bridgehead atoms. The summed E-state index contributed by atoms with van der Waals surface area (Å²) in [5.41, 5.74) is 2.32. The highest BCUT2D eigenvalue weighted by atomic mass is 19.2. The summed E-state index contributed by atoms with van der Waals surface area (Å²) in [6.07, 6.45) is 3.81. The van der Waals surface area contributed by atoms with Gasteiger partial charge in [0.25, 0.3) is 0 Å². The standard InChI is InChI=1S/C21H21F2N/c1-14-3-8-18(20(23)19(14)22)17-6-4-15(5-7-17)16-9-11-21(2,13-24)12-10-16/h3-8,16H,9-12H2,1-2H3. The van der Waals surface area contributed by atoms with Crippen molar-refractivity contribution in [3.05, 3.63) is 59.2 Å². The zero-order chi connectivity index (χ0) is 17.3. The molecule has 2 aromatic rings. The van der Waals surface area contributed by atoms with Crippen LogP contribution in [0.15, 0.2) is 36.4 Å². The maximum absolute atomic E-state index is 14.1. The molecule has 1 aliphatic rings. The van der Waals surface area contributed by atoms with Crippen molar-refractivity contribution < 1.29 is 8.78 Å². The van der Waals surface area contributed by atoms with Crippen molar-refractivity contribution in [1.29, 1.82) is 5.26 Å². The zero-order valence-electron chi connectivity index (χ0n) is 14.1. The molecule has 0 heterocycles. The van der Waals surface area contributed by atoms with Gasteiger partial charge in [0, 0.05) is 5.56 Å². The minimum Gasteiger partial charge on any atom is -0.203 e. The van der Waals surface area contributed by atoms with Gasteiger partial charge in [-0.1, -0.05) is 36.4 Å². The summed E-state index contributed by atoms with van der Waals surface area (Å²) in [5.74, 6) is -1.12. The molecule has 24 heavy (non-hydrogen) atoms. The van der Waals surface area contributed by atoms with Crippen molar-refractivity contribution in [2.45, 2.75) is 45.4 Å². The fraction of sp³-hybridized carbons (Fsp3) is 0.381. The summed E-state index contributed by atoms with van der Waals surface area (Å²) in [5, 5.41) is 9.22. The molecule has 0 N–H and O–H groups in total. The number of halogens is 2. The predicted octanol–water partition coefficient (Wildman–Crippen LogP) is 6.13. The number of nitriles is 1. The lowest BCUT2D eigenvalue weighted by Crippen LogP contribution is -2.21. The highest BCUT2D eigenvalue weighted by Crippen LogP contribution is 2.42. The van der Waals surface area contributed by atoms with Crippen LogP contribution in [0.4, 0.5) is 8.78 Å². The second-order valence-electron chi connectivity index (χ2n) is 7.13. The number of hydrogen-bond donors (Lipinski definition) is 0. The van der Waals surface area contributed by atoms with Gasteiger partial charge in [0.05, 0.1) is 11.5 Å². The zero-order valence-corrected chi connectivity index (χ0v) is 14.1. The molecule has 3 rings (SSSR count). The summed E-state index contributed by atoms with van der Waals surface area (Å²) in [7, 11) is 0. The van der Waals surface area contributed by atoms with Crippen molar-refractivity contribution in [2.75, 3.05) is 0 Å². The van der Waals surface area contributed by atoms with Crippen LogP contribution in [0.2, 0.25) is 0 Å². The SMILES string of the molecule is Cc1ccc(-c2ccc(C3CCC(C)(C#N)CC3)cc2)c(F)c1F. The number of rotatable bonds is 2. The van der Waals surface area contributed by atoms with E-state index < -0.39 is 11.6 Å². The van der Waals surface area contributed by atoms with E-state index in [1.807, 2.05) is 31.2 Å². The molecule has 0 spiro atoms. The molecule has 1 nitrogen and oxygen atoms in total. The van der Waals surface area contributed by atoms with Gasteiger partial charge in [0.1, 0.15) is 0 Å². The van der Waals surface area contributed by atoms with Crippen molar-refractivity contribution in [1.82, 2.24) is 0 Å². The lowest BCUT2D eigenvalue weighted by Gasteiger charge is -2.32. The van der Waals surface area contributed by atoms with Gasteiger partial charge in [0.15, 0.2) is 11.6 Å². The van der Waals surface area contributed by atoms with Gasteiger partial charge in [-0.05, 0) is 62.1 Å². The summed E-state index contributed by atoms with van der Waals surface area (Å²) < 4.78 is 27.9. The van der Waals surface area contributed by atoms with E-state index in [1.54, 1.807) is 19.1 Å². The van der Waals surface area contributed by atoms with E-state index in [4.69, 9.17) is 0 Å².